The number of carbonyl (C=O) groups excluding carboxylic acids is 4. The molecule has 2 aliphatic rings. The Labute approximate surface area is 190 Å². The summed E-state index contributed by atoms with van der Waals surface area (Å²) < 4.78 is 5.41. The molecule has 3 aromatic carbocycles. The number of rotatable bonds is 4. The highest BCUT2D eigenvalue weighted by Gasteiger charge is 2.36. The Kier molecular flexibility index (Phi) is 5.01. The second-order valence-electron chi connectivity index (χ2n) is 7.95. The Balaban J connectivity index is 1.27. The number of nitrogens with zero attached hydrogens (tertiary/aromatic N) is 2. The van der Waals surface area contributed by atoms with Crippen LogP contribution in [0.2, 0.25) is 0 Å². The molecular weight excluding hydrogens is 420 g/mol. The lowest BCUT2D eigenvalue weighted by Crippen LogP contribution is -2.39. The average Bonchev–Trinajstić information content (AvgIpc) is 3.38. The first-order valence-electron chi connectivity index (χ1n) is 10.6. The van der Waals surface area contributed by atoms with E-state index in [1.165, 1.54) is 24.3 Å². The van der Waals surface area contributed by atoms with Crippen molar-refractivity contribution in [2.75, 3.05) is 16.3 Å². The van der Waals surface area contributed by atoms with Crippen LogP contribution < -0.4 is 9.80 Å². The van der Waals surface area contributed by atoms with Crippen LogP contribution in [0.5, 0.6) is 0 Å². The van der Waals surface area contributed by atoms with Crippen LogP contribution in [0.3, 0.4) is 0 Å². The molecule has 0 N–H and O–H groups in total. The topological polar surface area (TPSA) is 84.0 Å². The lowest BCUT2D eigenvalue weighted by molar-refractivity contribution is -0.126. The van der Waals surface area contributed by atoms with Crippen molar-refractivity contribution in [3.05, 3.63) is 95.1 Å². The fourth-order valence-corrected chi connectivity index (χ4v) is 4.24. The molecule has 3 aromatic rings. The summed E-state index contributed by atoms with van der Waals surface area (Å²) >= 11 is 0. The molecule has 5 rings (SSSR count). The highest BCUT2D eigenvalue weighted by Crippen LogP contribution is 2.30. The molecule has 0 spiro atoms. The van der Waals surface area contributed by atoms with Gasteiger partial charge in [0.05, 0.1) is 22.4 Å². The molecular formula is C26H20N2O5. The third-order valence-electron chi connectivity index (χ3n) is 5.94. The Morgan fingerprint density at radius 2 is 1.45 bits per heavy atom. The van der Waals surface area contributed by atoms with E-state index in [0.717, 1.165) is 22.6 Å². The van der Waals surface area contributed by atoms with Gasteiger partial charge in [0.15, 0.2) is 6.10 Å². The molecule has 0 unspecified atom stereocenters. The molecule has 0 fully saturated rings. The first kappa shape index (κ1) is 20.6. The van der Waals surface area contributed by atoms with Crippen LogP contribution in [0.1, 0.15) is 43.6 Å². The van der Waals surface area contributed by atoms with E-state index in [4.69, 9.17) is 4.74 Å². The van der Waals surface area contributed by atoms with Gasteiger partial charge in [-0.05, 0) is 61.4 Å². The molecule has 2 aliphatic heterocycles. The minimum absolute atomic E-state index is 0.219. The van der Waals surface area contributed by atoms with Crippen molar-refractivity contribution >= 4 is 35.1 Å². The Hall–Kier alpha value is -4.26. The minimum atomic E-state index is -0.959. The van der Waals surface area contributed by atoms with Gasteiger partial charge in [0.2, 0.25) is 0 Å². The highest BCUT2D eigenvalue weighted by atomic mass is 16.5. The van der Waals surface area contributed by atoms with Crippen molar-refractivity contribution in [2.24, 2.45) is 0 Å². The van der Waals surface area contributed by atoms with Crippen molar-refractivity contribution < 1.29 is 23.9 Å². The van der Waals surface area contributed by atoms with Crippen molar-refractivity contribution in [1.82, 2.24) is 0 Å². The number of carbonyl (C=O) groups is 4. The summed E-state index contributed by atoms with van der Waals surface area (Å²) in [5, 5.41) is 0. The van der Waals surface area contributed by atoms with E-state index >= 15 is 0 Å². The summed E-state index contributed by atoms with van der Waals surface area (Å²) in [5.74, 6) is -1.75. The van der Waals surface area contributed by atoms with Gasteiger partial charge in [-0.3, -0.25) is 14.4 Å². The number of amides is 3. The molecule has 0 radical (unpaired) electrons. The zero-order valence-corrected chi connectivity index (χ0v) is 17.9. The van der Waals surface area contributed by atoms with Gasteiger partial charge in [-0.1, -0.05) is 30.3 Å². The van der Waals surface area contributed by atoms with Gasteiger partial charge in [0.25, 0.3) is 17.7 Å². The SMILES string of the molecule is C[C@H](OC(=O)c1ccc(N2C(=O)c3ccccc3C2=O)cc1)C(=O)N1CCc2ccccc21. The minimum Gasteiger partial charge on any atom is -0.449 e. The fourth-order valence-electron chi connectivity index (χ4n) is 4.24. The lowest BCUT2D eigenvalue weighted by Gasteiger charge is -2.21. The molecule has 7 nitrogen and oxygen atoms in total. The van der Waals surface area contributed by atoms with E-state index in [2.05, 4.69) is 0 Å². The fraction of sp³-hybridized carbons (Fsp3) is 0.154. The second kappa shape index (κ2) is 8.02. The van der Waals surface area contributed by atoms with Crippen molar-refractivity contribution in [1.29, 1.82) is 0 Å². The molecule has 0 aromatic heterocycles. The van der Waals surface area contributed by atoms with Crippen LogP contribution in [0.15, 0.2) is 72.8 Å². The van der Waals surface area contributed by atoms with Gasteiger partial charge >= 0.3 is 5.97 Å². The largest absolute Gasteiger partial charge is 0.449 e. The highest BCUT2D eigenvalue weighted by molar-refractivity contribution is 6.34. The van der Waals surface area contributed by atoms with E-state index in [1.807, 2.05) is 24.3 Å². The maximum absolute atomic E-state index is 12.9. The van der Waals surface area contributed by atoms with Crippen LogP contribution >= 0.6 is 0 Å². The van der Waals surface area contributed by atoms with E-state index in [-0.39, 0.29) is 11.5 Å². The van der Waals surface area contributed by atoms with E-state index in [9.17, 15) is 19.2 Å². The first-order chi connectivity index (χ1) is 16.0. The number of hydrogen-bond acceptors (Lipinski definition) is 5. The lowest BCUT2D eigenvalue weighted by atomic mass is 10.1. The maximum atomic E-state index is 12.9. The predicted molar refractivity (Wildman–Crippen MR) is 121 cm³/mol. The summed E-state index contributed by atoms with van der Waals surface area (Å²) in [4.78, 5) is 53.5. The zero-order chi connectivity index (χ0) is 23.1. The number of benzene rings is 3. The van der Waals surface area contributed by atoms with Crippen LogP contribution in [-0.4, -0.2) is 36.3 Å². The van der Waals surface area contributed by atoms with E-state index < -0.39 is 23.9 Å². The molecule has 3 amide bonds. The zero-order valence-electron chi connectivity index (χ0n) is 17.9. The van der Waals surface area contributed by atoms with Crippen molar-refractivity contribution in [3.63, 3.8) is 0 Å². The Bertz CT molecular complexity index is 1260. The second-order valence-corrected chi connectivity index (χ2v) is 7.95. The molecule has 1 atom stereocenters. The summed E-state index contributed by atoms with van der Waals surface area (Å²) in [6, 6.07) is 20.3. The molecule has 0 saturated heterocycles. The molecule has 7 heteroatoms. The predicted octanol–water partition coefficient (Wildman–Crippen LogP) is 3.62. The van der Waals surface area contributed by atoms with Gasteiger partial charge in [0, 0.05) is 12.2 Å². The third kappa shape index (κ3) is 3.47. The molecule has 0 bridgehead atoms. The molecule has 33 heavy (non-hydrogen) atoms. The average molecular weight is 440 g/mol. The first-order valence-corrected chi connectivity index (χ1v) is 10.6. The van der Waals surface area contributed by atoms with Gasteiger partial charge in [0.1, 0.15) is 0 Å². The summed E-state index contributed by atoms with van der Waals surface area (Å²) in [6.07, 6.45) is -0.193. The standard InChI is InChI=1S/C26H20N2O5/c1-16(23(29)27-15-14-17-6-2-5-9-22(17)27)33-26(32)18-10-12-19(13-11-18)28-24(30)20-7-3-4-8-21(20)25(28)31/h2-13,16H,14-15H2,1H3/t16-/m0/s1. The molecule has 0 aliphatic carbocycles. The molecule has 164 valence electrons. The smallest absolute Gasteiger partial charge is 0.338 e. The van der Waals surface area contributed by atoms with Crippen LogP contribution in [-0.2, 0) is 16.0 Å². The van der Waals surface area contributed by atoms with Crippen LogP contribution in [0.25, 0.3) is 0 Å². The van der Waals surface area contributed by atoms with Crippen molar-refractivity contribution in [3.8, 4) is 0 Å². The molecule has 0 saturated carbocycles. The number of hydrogen-bond donors (Lipinski definition) is 0. The van der Waals surface area contributed by atoms with Gasteiger partial charge in [-0.15, -0.1) is 0 Å². The summed E-state index contributed by atoms with van der Waals surface area (Å²) in [5.41, 5.74) is 3.21. The Morgan fingerprint density at radius 1 is 0.848 bits per heavy atom. The summed E-state index contributed by atoms with van der Waals surface area (Å²) in [6.45, 7) is 2.10. The number of imide groups is 1. The normalized spacial score (nSPS) is 15.3. The third-order valence-corrected chi connectivity index (χ3v) is 5.94. The number of fused-ring (bicyclic) bond motifs is 2. The van der Waals surface area contributed by atoms with E-state index in [0.29, 0.717) is 23.4 Å². The number of anilines is 2. The van der Waals surface area contributed by atoms with Gasteiger partial charge in [-0.2, -0.15) is 0 Å². The Morgan fingerprint density at radius 3 is 2.12 bits per heavy atom. The molecule has 2 heterocycles. The number of para-hydroxylation sites is 1. The van der Waals surface area contributed by atoms with Crippen LogP contribution in [0, 0.1) is 0 Å². The monoisotopic (exact) mass is 440 g/mol. The van der Waals surface area contributed by atoms with Crippen molar-refractivity contribution in [2.45, 2.75) is 19.4 Å². The maximum Gasteiger partial charge on any atom is 0.338 e. The van der Waals surface area contributed by atoms with E-state index in [1.54, 1.807) is 36.1 Å². The van der Waals surface area contributed by atoms with Gasteiger partial charge in [-0.25, -0.2) is 9.69 Å². The number of esters is 1. The quantitative estimate of drug-likeness (QED) is 0.457. The summed E-state index contributed by atoms with van der Waals surface area (Å²) in [7, 11) is 0. The number of ether oxygens (including phenoxy) is 1. The van der Waals surface area contributed by atoms with Crippen LogP contribution in [0.4, 0.5) is 11.4 Å². The van der Waals surface area contributed by atoms with Gasteiger partial charge < -0.3 is 9.64 Å².